The third kappa shape index (κ3) is 1.90. The van der Waals surface area contributed by atoms with Crippen LogP contribution in [0.4, 0.5) is 0 Å². The maximum Gasteiger partial charge on any atom is 0.195 e. The van der Waals surface area contributed by atoms with Gasteiger partial charge in [0.1, 0.15) is 5.92 Å². The third-order valence-electron chi connectivity index (χ3n) is 3.21. The quantitative estimate of drug-likeness (QED) is 0.798. The van der Waals surface area contributed by atoms with Crippen LogP contribution in [0.15, 0.2) is 23.6 Å². The predicted molar refractivity (Wildman–Crippen MR) is 73.3 cm³/mol. The van der Waals surface area contributed by atoms with Crippen molar-refractivity contribution >= 4 is 28.5 Å². The number of carbonyl (C=O) groups excluding carboxylic acids is 1. The summed E-state index contributed by atoms with van der Waals surface area (Å²) in [6.07, 6.45) is 3.36. The number of thiophene rings is 2. The van der Waals surface area contributed by atoms with E-state index in [0.717, 1.165) is 22.6 Å². The molecule has 1 aliphatic rings. The number of fused-ring (bicyclic) bond motifs is 1. The zero-order valence-electron chi connectivity index (χ0n) is 9.68. The van der Waals surface area contributed by atoms with E-state index in [1.54, 1.807) is 11.3 Å². The fraction of sp³-hybridized carbons (Fsp3) is 0.286. The Morgan fingerprint density at radius 3 is 3.00 bits per heavy atom. The average molecular weight is 273 g/mol. The summed E-state index contributed by atoms with van der Waals surface area (Å²) in [5.74, 6) is -0.678. The van der Waals surface area contributed by atoms with Crippen LogP contribution in [0.1, 0.15) is 37.3 Å². The van der Waals surface area contributed by atoms with Gasteiger partial charge in [-0.1, -0.05) is 6.07 Å². The van der Waals surface area contributed by atoms with Crippen molar-refractivity contribution in [2.75, 3.05) is 0 Å². The zero-order valence-corrected chi connectivity index (χ0v) is 11.3. The number of Topliss-reactive ketones (excluding diaryl/α,β-unsaturated/α-hetero) is 1. The largest absolute Gasteiger partial charge is 0.291 e. The number of rotatable bonds is 3. The van der Waals surface area contributed by atoms with E-state index in [1.165, 1.54) is 28.2 Å². The molecule has 2 heterocycles. The van der Waals surface area contributed by atoms with Crippen molar-refractivity contribution in [2.24, 2.45) is 0 Å². The fourth-order valence-corrected chi connectivity index (χ4v) is 4.29. The van der Waals surface area contributed by atoms with Crippen LogP contribution in [0.2, 0.25) is 0 Å². The van der Waals surface area contributed by atoms with Crippen LogP contribution in [0.3, 0.4) is 0 Å². The Labute approximate surface area is 114 Å². The predicted octanol–water partition coefficient (Wildman–Crippen LogP) is 3.79. The molecule has 1 atom stereocenters. The SMILES string of the molecule is N#CC(C(=O)c1cc2c(s1)CCC2)c1cccs1. The van der Waals surface area contributed by atoms with Gasteiger partial charge >= 0.3 is 0 Å². The molecule has 90 valence electrons. The Hall–Kier alpha value is -1.44. The van der Waals surface area contributed by atoms with E-state index in [9.17, 15) is 10.1 Å². The van der Waals surface area contributed by atoms with Gasteiger partial charge in [0, 0.05) is 9.75 Å². The maximum atomic E-state index is 12.4. The molecule has 4 heteroatoms. The summed E-state index contributed by atoms with van der Waals surface area (Å²) in [5, 5.41) is 11.1. The number of ketones is 1. The molecule has 0 N–H and O–H groups in total. The van der Waals surface area contributed by atoms with E-state index in [1.807, 2.05) is 23.6 Å². The minimum absolute atomic E-state index is 0.0423. The van der Waals surface area contributed by atoms with E-state index in [-0.39, 0.29) is 5.78 Å². The van der Waals surface area contributed by atoms with E-state index < -0.39 is 5.92 Å². The third-order valence-corrected chi connectivity index (χ3v) is 5.40. The lowest BCUT2D eigenvalue weighted by molar-refractivity contribution is 0.0984. The monoisotopic (exact) mass is 273 g/mol. The summed E-state index contributed by atoms with van der Waals surface area (Å²) in [5.41, 5.74) is 1.31. The van der Waals surface area contributed by atoms with Crippen molar-refractivity contribution in [3.05, 3.63) is 43.8 Å². The van der Waals surface area contributed by atoms with Gasteiger partial charge < -0.3 is 0 Å². The highest BCUT2D eigenvalue weighted by molar-refractivity contribution is 7.14. The highest BCUT2D eigenvalue weighted by Gasteiger charge is 2.26. The number of aryl methyl sites for hydroxylation is 2. The van der Waals surface area contributed by atoms with Crippen molar-refractivity contribution in [3.8, 4) is 6.07 Å². The smallest absolute Gasteiger partial charge is 0.195 e. The molecule has 3 rings (SSSR count). The molecule has 18 heavy (non-hydrogen) atoms. The lowest BCUT2D eigenvalue weighted by atomic mass is 10.0. The second kappa shape index (κ2) is 4.68. The Kier molecular flexibility index (Phi) is 3.02. The minimum atomic E-state index is -0.635. The van der Waals surface area contributed by atoms with Gasteiger partial charge in [0.05, 0.1) is 10.9 Å². The van der Waals surface area contributed by atoms with Gasteiger partial charge in [0.25, 0.3) is 0 Å². The van der Waals surface area contributed by atoms with Crippen LogP contribution < -0.4 is 0 Å². The van der Waals surface area contributed by atoms with Crippen molar-refractivity contribution in [1.29, 1.82) is 5.26 Å². The number of hydrogen-bond donors (Lipinski definition) is 0. The number of carbonyl (C=O) groups is 1. The van der Waals surface area contributed by atoms with Crippen molar-refractivity contribution in [3.63, 3.8) is 0 Å². The fourth-order valence-electron chi connectivity index (χ4n) is 2.30. The van der Waals surface area contributed by atoms with Crippen LogP contribution in [0.25, 0.3) is 0 Å². The molecule has 0 fully saturated rings. The molecular weight excluding hydrogens is 262 g/mol. The molecule has 0 saturated carbocycles. The Bertz CT molecular complexity index is 597. The molecule has 1 aliphatic carbocycles. The van der Waals surface area contributed by atoms with Crippen molar-refractivity contribution in [1.82, 2.24) is 0 Å². The summed E-state index contributed by atoms with van der Waals surface area (Å²) in [4.78, 5) is 15.3. The van der Waals surface area contributed by atoms with Gasteiger partial charge in [-0.2, -0.15) is 5.26 Å². The molecule has 0 bridgehead atoms. The first kappa shape index (κ1) is 11.6. The first-order valence-electron chi connectivity index (χ1n) is 5.88. The Morgan fingerprint density at radius 2 is 2.33 bits per heavy atom. The number of hydrogen-bond acceptors (Lipinski definition) is 4. The lowest BCUT2D eigenvalue weighted by Crippen LogP contribution is -2.08. The summed E-state index contributed by atoms with van der Waals surface area (Å²) in [6.45, 7) is 0. The summed E-state index contributed by atoms with van der Waals surface area (Å²) in [7, 11) is 0. The molecule has 2 aromatic heterocycles. The first-order valence-corrected chi connectivity index (χ1v) is 7.58. The molecule has 0 aliphatic heterocycles. The van der Waals surface area contributed by atoms with Gasteiger partial charge in [0.2, 0.25) is 0 Å². The van der Waals surface area contributed by atoms with Crippen LogP contribution in [0, 0.1) is 11.3 Å². The van der Waals surface area contributed by atoms with Crippen LogP contribution in [-0.4, -0.2) is 5.78 Å². The van der Waals surface area contributed by atoms with Gasteiger partial charge in [-0.05, 0) is 42.3 Å². The number of nitriles is 1. The van der Waals surface area contributed by atoms with E-state index >= 15 is 0 Å². The van der Waals surface area contributed by atoms with Gasteiger partial charge in [-0.3, -0.25) is 4.79 Å². The van der Waals surface area contributed by atoms with E-state index in [0.29, 0.717) is 0 Å². The normalized spacial score (nSPS) is 15.1. The summed E-state index contributed by atoms with van der Waals surface area (Å²) < 4.78 is 0. The lowest BCUT2D eigenvalue weighted by Gasteiger charge is -2.03. The van der Waals surface area contributed by atoms with Gasteiger partial charge in [0.15, 0.2) is 5.78 Å². The standard InChI is InChI=1S/C14H11NOS2/c15-8-10(12-5-2-6-17-12)14(16)13-7-9-3-1-4-11(9)18-13/h2,5-7,10H,1,3-4H2. The summed E-state index contributed by atoms with van der Waals surface area (Å²) >= 11 is 3.05. The Balaban J connectivity index is 1.91. The minimum Gasteiger partial charge on any atom is -0.291 e. The molecule has 2 aromatic rings. The van der Waals surface area contributed by atoms with Crippen LogP contribution in [0.5, 0.6) is 0 Å². The molecule has 0 amide bonds. The first-order chi connectivity index (χ1) is 8.79. The van der Waals surface area contributed by atoms with Crippen molar-refractivity contribution < 1.29 is 4.79 Å². The molecule has 0 aromatic carbocycles. The van der Waals surface area contributed by atoms with Crippen molar-refractivity contribution in [2.45, 2.75) is 25.2 Å². The zero-order chi connectivity index (χ0) is 12.5. The van der Waals surface area contributed by atoms with Gasteiger partial charge in [-0.25, -0.2) is 0 Å². The molecule has 0 saturated heterocycles. The Morgan fingerprint density at radius 1 is 1.44 bits per heavy atom. The van der Waals surface area contributed by atoms with Crippen LogP contribution in [-0.2, 0) is 12.8 Å². The second-order valence-electron chi connectivity index (χ2n) is 4.35. The summed E-state index contributed by atoms with van der Waals surface area (Å²) in [6, 6.07) is 7.87. The number of nitrogens with zero attached hydrogens (tertiary/aromatic N) is 1. The van der Waals surface area contributed by atoms with E-state index in [2.05, 4.69) is 6.07 Å². The highest BCUT2D eigenvalue weighted by atomic mass is 32.1. The molecule has 0 spiro atoms. The van der Waals surface area contributed by atoms with Crippen LogP contribution >= 0.6 is 22.7 Å². The maximum absolute atomic E-state index is 12.4. The molecule has 2 nitrogen and oxygen atoms in total. The topological polar surface area (TPSA) is 40.9 Å². The molecule has 1 unspecified atom stereocenters. The van der Waals surface area contributed by atoms with Gasteiger partial charge in [-0.15, -0.1) is 22.7 Å². The highest BCUT2D eigenvalue weighted by Crippen LogP contribution is 2.34. The molecular formula is C14H11NOS2. The second-order valence-corrected chi connectivity index (χ2v) is 6.47. The van der Waals surface area contributed by atoms with E-state index in [4.69, 9.17) is 0 Å². The molecule has 0 radical (unpaired) electrons. The average Bonchev–Trinajstić information content (AvgIpc) is 3.05.